The summed E-state index contributed by atoms with van der Waals surface area (Å²) in [5.74, 6) is -1.38. The number of alkyl halides is 3. The molecular formula is C21H21F3N2O5S. The number of nitro groups is 1. The third-order valence-corrected chi connectivity index (χ3v) is 6.51. The molecule has 0 saturated carbocycles. The van der Waals surface area contributed by atoms with Crippen LogP contribution in [0, 0.1) is 10.1 Å². The summed E-state index contributed by atoms with van der Waals surface area (Å²) in [6.45, 7) is 1.99. The molecular weight excluding hydrogens is 449 g/mol. The molecule has 32 heavy (non-hydrogen) atoms. The highest BCUT2D eigenvalue weighted by Gasteiger charge is 2.39. The summed E-state index contributed by atoms with van der Waals surface area (Å²) in [5, 5.41) is 21.5. The number of rotatable bonds is 8. The molecule has 1 aromatic carbocycles. The van der Waals surface area contributed by atoms with Crippen LogP contribution in [0.25, 0.3) is 11.1 Å². The number of benzene rings is 1. The molecule has 0 radical (unpaired) electrons. The van der Waals surface area contributed by atoms with Gasteiger partial charge in [0.2, 0.25) is 0 Å². The molecule has 172 valence electrons. The zero-order valence-corrected chi connectivity index (χ0v) is 18.0. The first-order chi connectivity index (χ1) is 15.1. The molecule has 0 unspecified atom stereocenters. The molecule has 2 heterocycles. The number of unbranched alkanes of at least 4 members (excludes halogenated alkanes) is 3. The molecule has 0 saturated heterocycles. The fourth-order valence-corrected chi connectivity index (χ4v) is 5.19. The lowest BCUT2D eigenvalue weighted by Crippen LogP contribution is -2.31. The predicted molar refractivity (Wildman–Crippen MR) is 113 cm³/mol. The van der Waals surface area contributed by atoms with Crippen molar-refractivity contribution >= 4 is 23.4 Å². The molecule has 11 heteroatoms. The largest absolute Gasteiger partial charge is 0.480 e. The van der Waals surface area contributed by atoms with Gasteiger partial charge in [-0.25, -0.2) is 4.79 Å². The number of hydrogen-bond acceptors (Lipinski definition) is 5. The minimum atomic E-state index is -4.63. The van der Waals surface area contributed by atoms with Crippen LogP contribution in [0.15, 0.2) is 34.1 Å². The van der Waals surface area contributed by atoms with E-state index >= 15 is 0 Å². The summed E-state index contributed by atoms with van der Waals surface area (Å²) in [6, 6.07) is 3.03. The lowest BCUT2D eigenvalue weighted by Gasteiger charge is -2.18. The zero-order chi connectivity index (χ0) is 23.6. The van der Waals surface area contributed by atoms with E-state index in [1.807, 2.05) is 6.92 Å². The van der Waals surface area contributed by atoms with Gasteiger partial charge < -0.3 is 5.11 Å². The molecule has 2 aromatic rings. The van der Waals surface area contributed by atoms with Gasteiger partial charge >= 0.3 is 23.4 Å². The molecule has 1 aromatic heterocycles. The number of pyridine rings is 1. The van der Waals surface area contributed by atoms with Crippen LogP contribution in [0.2, 0.25) is 0 Å². The van der Waals surface area contributed by atoms with Gasteiger partial charge in [-0.05, 0) is 30.5 Å². The van der Waals surface area contributed by atoms with E-state index in [-0.39, 0.29) is 33.9 Å². The monoisotopic (exact) mass is 470 g/mol. The molecule has 3 rings (SSSR count). The van der Waals surface area contributed by atoms with Crippen LogP contribution in [-0.4, -0.2) is 26.3 Å². The summed E-state index contributed by atoms with van der Waals surface area (Å²) in [6.07, 6.45) is -1.48. The first kappa shape index (κ1) is 23.8. The van der Waals surface area contributed by atoms with Gasteiger partial charge in [0.25, 0.3) is 0 Å². The first-order valence-electron chi connectivity index (χ1n) is 10.1. The number of carbonyl (C=O) groups is 1. The van der Waals surface area contributed by atoms with Crippen molar-refractivity contribution in [1.29, 1.82) is 0 Å². The van der Waals surface area contributed by atoms with Crippen molar-refractivity contribution in [2.24, 2.45) is 0 Å². The molecule has 0 bridgehead atoms. The Bertz CT molecular complexity index is 1110. The number of halogens is 3. The Hall–Kier alpha value is -2.82. The summed E-state index contributed by atoms with van der Waals surface area (Å²) in [5.41, 5.74) is -2.49. The molecule has 0 amide bonds. The molecule has 1 aliphatic heterocycles. The van der Waals surface area contributed by atoms with E-state index in [2.05, 4.69) is 0 Å². The van der Waals surface area contributed by atoms with Gasteiger partial charge in [0.05, 0.1) is 15.5 Å². The average molecular weight is 470 g/mol. The first-order valence-corrected chi connectivity index (χ1v) is 11.1. The number of carboxylic acid groups (broad SMARTS) is 1. The van der Waals surface area contributed by atoms with Gasteiger partial charge in [-0.1, -0.05) is 38.3 Å². The highest BCUT2D eigenvalue weighted by Crippen LogP contribution is 2.44. The molecule has 0 spiro atoms. The van der Waals surface area contributed by atoms with E-state index in [1.54, 1.807) is 0 Å². The highest BCUT2D eigenvalue weighted by atomic mass is 32.2. The van der Waals surface area contributed by atoms with Crippen LogP contribution >= 0.6 is 11.8 Å². The number of thioether (sulfide) groups is 1. The molecule has 1 aliphatic rings. The van der Waals surface area contributed by atoms with Gasteiger partial charge in [0.1, 0.15) is 6.04 Å². The minimum absolute atomic E-state index is 0.0486. The average Bonchev–Trinajstić information content (AvgIpc) is 3.16. The maximum Gasteiger partial charge on any atom is 0.416 e. The SMILES string of the molecule is CCCCCCc1c(-c2cccc(C(F)(F)F)c2)c2n(c(=O)c1[N+](=O)[O-])[C@H](C(=O)O)CS2. The van der Waals surface area contributed by atoms with E-state index in [4.69, 9.17) is 0 Å². The van der Waals surface area contributed by atoms with E-state index < -0.39 is 39.9 Å². The Morgan fingerprint density at radius 3 is 2.62 bits per heavy atom. The zero-order valence-electron chi connectivity index (χ0n) is 17.1. The number of aliphatic carboxylic acids is 1. The van der Waals surface area contributed by atoms with Crippen molar-refractivity contribution in [3.63, 3.8) is 0 Å². The van der Waals surface area contributed by atoms with Crippen molar-refractivity contribution in [3.8, 4) is 11.1 Å². The van der Waals surface area contributed by atoms with E-state index in [0.717, 1.165) is 47.7 Å². The Balaban J connectivity index is 2.33. The summed E-state index contributed by atoms with van der Waals surface area (Å²) < 4.78 is 40.9. The summed E-state index contributed by atoms with van der Waals surface area (Å²) >= 11 is 1.01. The Morgan fingerprint density at radius 1 is 1.31 bits per heavy atom. The van der Waals surface area contributed by atoms with Gasteiger partial charge in [-0.15, -0.1) is 11.8 Å². The van der Waals surface area contributed by atoms with Crippen LogP contribution in [0.3, 0.4) is 0 Å². The number of hydrogen-bond donors (Lipinski definition) is 1. The summed E-state index contributed by atoms with van der Waals surface area (Å²) in [4.78, 5) is 35.7. The maximum absolute atomic E-state index is 13.3. The van der Waals surface area contributed by atoms with Gasteiger partial charge in [-0.2, -0.15) is 13.2 Å². The maximum atomic E-state index is 13.3. The Kier molecular flexibility index (Phi) is 6.97. The highest BCUT2D eigenvalue weighted by molar-refractivity contribution is 7.99. The molecule has 1 N–H and O–H groups in total. The molecule has 1 atom stereocenters. The van der Waals surface area contributed by atoms with Gasteiger partial charge in [0, 0.05) is 16.9 Å². The fraction of sp³-hybridized carbons (Fsp3) is 0.429. The second-order valence-electron chi connectivity index (χ2n) is 7.49. The van der Waals surface area contributed by atoms with E-state index in [1.165, 1.54) is 12.1 Å². The number of carboxylic acids is 1. The van der Waals surface area contributed by atoms with Crippen LogP contribution in [0.5, 0.6) is 0 Å². The van der Waals surface area contributed by atoms with Crippen molar-refractivity contribution in [2.45, 2.75) is 56.3 Å². The Morgan fingerprint density at radius 2 is 2.03 bits per heavy atom. The Labute approximate surface area is 185 Å². The topological polar surface area (TPSA) is 102 Å². The van der Waals surface area contributed by atoms with Crippen LogP contribution in [0.4, 0.5) is 18.9 Å². The minimum Gasteiger partial charge on any atom is -0.480 e. The third kappa shape index (κ3) is 4.52. The fourth-order valence-electron chi connectivity index (χ4n) is 3.85. The lowest BCUT2D eigenvalue weighted by atomic mass is 9.94. The van der Waals surface area contributed by atoms with Crippen LogP contribution in [-0.2, 0) is 17.4 Å². The number of aromatic nitrogens is 1. The molecule has 0 aliphatic carbocycles. The van der Waals surface area contributed by atoms with Crippen molar-refractivity contribution < 1.29 is 28.0 Å². The summed E-state index contributed by atoms with van der Waals surface area (Å²) in [7, 11) is 0. The van der Waals surface area contributed by atoms with Crippen molar-refractivity contribution in [3.05, 3.63) is 55.9 Å². The van der Waals surface area contributed by atoms with Crippen LogP contribution in [0.1, 0.15) is 49.8 Å². The quantitative estimate of drug-likeness (QED) is 0.319. The predicted octanol–water partition coefficient (Wildman–Crippen LogP) is 5.30. The molecule has 0 fully saturated rings. The third-order valence-electron chi connectivity index (χ3n) is 5.36. The van der Waals surface area contributed by atoms with Crippen molar-refractivity contribution in [1.82, 2.24) is 4.57 Å². The second kappa shape index (κ2) is 9.35. The smallest absolute Gasteiger partial charge is 0.416 e. The normalized spacial score (nSPS) is 15.6. The number of nitrogens with zero attached hydrogens (tertiary/aromatic N) is 2. The van der Waals surface area contributed by atoms with Gasteiger partial charge in [0.15, 0.2) is 0 Å². The van der Waals surface area contributed by atoms with Crippen molar-refractivity contribution in [2.75, 3.05) is 5.75 Å². The lowest BCUT2D eigenvalue weighted by molar-refractivity contribution is -0.387. The number of fused-ring (bicyclic) bond motifs is 1. The van der Waals surface area contributed by atoms with Crippen LogP contribution < -0.4 is 5.56 Å². The van der Waals surface area contributed by atoms with Gasteiger partial charge in [-0.3, -0.25) is 19.5 Å². The standard InChI is InChI=1S/C21H21F3N2O5S/c1-2-3-4-5-9-14-16(12-7-6-8-13(10-12)21(22,23)24)19-25(15(11-32-19)20(28)29)18(27)17(14)26(30)31/h6-8,10,15H,2-5,9,11H2,1H3,(H,28,29)/t15-/m0/s1. The van der Waals surface area contributed by atoms with E-state index in [9.17, 15) is 38.0 Å². The molecule has 7 nitrogen and oxygen atoms in total. The second-order valence-corrected chi connectivity index (χ2v) is 8.50. The van der Waals surface area contributed by atoms with E-state index in [0.29, 0.717) is 6.42 Å².